The monoisotopic (exact) mass is 229 g/mol. The Hall–Kier alpha value is -0.770. The summed E-state index contributed by atoms with van der Waals surface area (Å²) < 4.78 is 11.0. The molecule has 4 nitrogen and oxygen atoms in total. The molecule has 1 fully saturated rings. The van der Waals surface area contributed by atoms with Crippen LogP contribution in [-0.4, -0.2) is 42.4 Å². The number of carbonyl (C=O) groups is 1. The maximum Gasteiger partial charge on any atom is 0.410 e. The number of hydrogen-bond donors (Lipinski definition) is 0. The lowest BCUT2D eigenvalue weighted by Crippen LogP contribution is -2.40. The van der Waals surface area contributed by atoms with Crippen molar-refractivity contribution in [3.63, 3.8) is 0 Å². The predicted molar refractivity (Wildman–Crippen MR) is 62.5 cm³/mol. The topological polar surface area (TPSA) is 38.8 Å². The highest BCUT2D eigenvalue weighted by Crippen LogP contribution is 2.14. The fourth-order valence-corrected chi connectivity index (χ4v) is 1.63. The van der Waals surface area contributed by atoms with Crippen LogP contribution in [0.4, 0.5) is 4.79 Å². The molecule has 0 N–H and O–H groups in total. The van der Waals surface area contributed by atoms with E-state index in [1.54, 1.807) is 4.90 Å². The Morgan fingerprint density at radius 1 is 1.50 bits per heavy atom. The summed E-state index contributed by atoms with van der Waals surface area (Å²) in [6.07, 6.45) is 1.74. The molecule has 94 valence electrons. The summed E-state index contributed by atoms with van der Waals surface area (Å²) in [6.45, 7) is 9.83. The van der Waals surface area contributed by atoms with Crippen molar-refractivity contribution in [2.75, 3.05) is 19.7 Å². The third-order valence-corrected chi connectivity index (χ3v) is 2.46. The van der Waals surface area contributed by atoms with Gasteiger partial charge in [-0.05, 0) is 33.6 Å². The first kappa shape index (κ1) is 13.3. The van der Waals surface area contributed by atoms with Crippen LogP contribution in [0.2, 0.25) is 0 Å². The van der Waals surface area contributed by atoms with E-state index in [1.807, 2.05) is 20.8 Å². The van der Waals surface area contributed by atoms with E-state index in [4.69, 9.17) is 9.47 Å². The zero-order valence-corrected chi connectivity index (χ0v) is 10.8. The quantitative estimate of drug-likeness (QED) is 0.693. The van der Waals surface area contributed by atoms with Gasteiger partial charge in [-0.3, -0.25) is 0 Å². The molecule has 1 aliphatic heterocycles. The van der Waals surface area contributed by atoms with Gasteiger partial charge < -0.3 is 14.4 Å². The van der Waals surface area contributed by atoms with Crippen molar-refractivity contribution in [2.45, 2.75) is 52.2 Å². The lowest BCUT2D eigenvalue weighted by Gasteiger charge is -2.27. The van der Waals surface area contributed by atoms with Crippen molar-refractivity contribution in [3.8, 4) is 0 Å². The standard InChI is InChI=1S/C12H23NO3/c1-5-10-9-13(7-6-8-15-10)11(14)16-12(2,3)4/h10H,5-9H2,1-4H3. The molecule has 1 unspecified atom stereocenters. The van der Waals surface area contributed by atoms with Gasteiger partial charge in [-0.25, -0.2) is 4.79 Å². The second kappa shape index (κ2) is 5.53. The number of rotatable bonds is 1. The second-order valence-corrected chi connectivity index (χ2v) is 5.18. The van der Waals surface area contributed by atoms with Crippen LogP contribution in [0, 0.1) is 0 Å². The van der Waals surface area contributed by atoms with Crippen LogP contribution in [0.15, 0.2) is 0 Å². The van der Waals surface area contributed by atoms with Crippen LogP contribution in [-0.2, 0) is 9.47 Å². The summed E-state index contributed by atoms with van der Waals surface area (Å²) in [4.78, 5) is 13.6. The van der Waals surface area contributed by atoms with E-state index in [0.717, 1.165) is 26.0 Å². The molecule has 1 saturated heterocycles. The zero-order chi connectivity index (χ0) is 12.2. The van der Waals surface area contributed by atoms with E-state index in [2.05, 4.69) is 6.92 Å². The number of carbonyl (C=O) groups excluding carboxylic acids is 1. The average molecular weight is 229 g/mol. The molecule has 4 heteroatoms. The Kier molecular flexibility index (Phi) is 4.59. The van der Waals surface area contributed by atoms with Crippen LogP contribution in [0.25, 0.3) is 0 Å². The number of ether oxygens (including phenoxy) is 2. The van der Waals surface area contributed by atoms with Gasteiger partial charge in [0.2, 0.25) is 0 Å². The number of amides is 1. The van der Waals surface area contributed by atoms with Crippen molar-refractivity contribution < 1.29 is 14.3 Å². The van der Waals surface area contributed by atoms with Crippen molar-refractivity contribution in [1.82, 2.24) is 4.90 Å². The zero-order valence-electron chi connectivity index (χ0n) is 10.8. The average Bonchev–Trinajstić information content (AvgIpc) is 2.39. The fourth-order valence-electron chi connectivity index (χ4n) is 1.63. The molecule has 16 heavy (non-hydrogen) atoms. The number of nitrogens with zero attached hydrogens (tertiary/aromatic N) is 1. The van der Waals surface area contributed by atoms with Crippen LogP contribution < -0.4 is 0 Å². The van der Waals surface area contributed by atoms with E-state index in [1.165, 1.54) is 0 Å². The first-order chi connectivity index (χ1) is 7.42. The predicted octanol–water partition coefficient (Wildman–Crippen LogP) is 2.42. The van der Waals surface area contributed by atoms with E-state index < -0.39 is 5.60 Å². The molecule has 1 aliphatic rings. The van der Waals surface area contributed by atoms with Crippen LogP contribution >= 0.6 is 0 Å². The Balaban J connectivity index is 2.53. The van der Waals surface area contributed by atoms with E-state index in [-0.39, 0.29) is 12.2 Å². The van der Waals surface area contributed by atoms with Crippen molar-refractivity contribution >= 4 is 6.09 Å². The molecule has 1 atom stereocenters. The molecule has 0 spiro atoms. The largest absolute Gasteiger partial charge is 0.444 e. The molecular formula is C12H23NO3. The Bertz CT molecular complexity index is 235. The molecule has 0 aliphatic carbocycles. The fraction of sp³-hybridized carbons (Fsp3) is 0.917. The van der Waals surface area contributed by atoms with Gasteiger partial charge in [-0.15, -0.1) is 0 Å². The van der Waals surface area contributed by atoms with Gasteiger partial charge in [0.05, 0.1) is 12.6 Å². The van der Waals surface area contributed by atoms with Gasteiger partial charge in [0.1, 0.15) is 5.60 Å². The third-order valence-electron chi connectivity index (χ3n) is 2.46. The highest BCUT2D eigenvalue weighted by atomic mass is 16.6. The molecule has 0 aromatic carbocycles. The van der Waals surface area contributed by atoms with Crippen molar-refractivity contribution in [2.24, 2.45) is 0 Å². The van der Waals surface area contributed by atoms with Crippen LogP contribution in [0.1, 0.15) is 40.5 Å². The first-order valence-electron chi connectivity index (χ1n) is 6.02. The smallest absolute Gasteiger partial charge is 0.410 e. The van der Waals surface area contributed by atoms with Crippen LogP contribution in [0.3, 0.4) is 0 Å². The Labute approximate surface area is 97.9 Å². The third kappa shape index (κ3) is 4.39. The van der Waals surface area contributed by atoms with E-state index in [0.29, 0.717) is 6.54 Å². The summed E-state index contributed by atoms with van der Waals surface area (Å²) in [7, 11) is 0. The molecule has 0 radical (unpaired) electrons. The highest BCUT2D eigenvalue weighted by Gasteiger charge is 2.25. The van der Waals surface area contributed by atoms with Gasteiger partial charge in [0.15, 0.2) is 0 Å². The minimum Gasteiger partial charge on any atom is -0.444 e. The first-order valence-corrected chi connectivity index (χ1v) is 6.02. The van der Waals surface area contributed by atoms with E-state index in [9.17, 15) is 4.79 Å². The SMILES string of the molecule is CCC1CN(C(=O)OC(C)(C)C)CCCO1. The minimum absolute atomic E-state index is 0.148. The van der Waals surface area contributed by atoms with Gasteiger partial charge in [-0.2, -0.15) is 0 Å². The molecule has 1 heterocycles. The van der Waals surface area contributed by atoms with Crippen LogP contribution in [0.5, 0.6) is 0 Å². The van der Waals surface area contributed by atoms with Gasteiger partial charge in [0.25, 0.3) is 0 Å². The summed E-state index contributed by atoms with van der Waals surface area (Å²) in [5.74, 6) is 0. The maximum absolute atomic E-state index is 11.9. The Morgan fingerprint density at radius 2 is 2.19 bits per heavy atom. The molecular weight excluding hydrogens is 206 g/mol. The Morgan fingerprint density at radius 3 is 2.75 bits per heavy atom. The number of hydrogen-bond acceptors (Lipinski definition) is 3. The molecule has 0 aromatic heterocycles. The van der Waals surface area contributed by atoms with Crippen molar-refractivity contribution in [1.29, 1.82) is 0 Å². The van der Waals surface area contributed by atoms with Crippen molar-refractivity contribution in [3.05, 3.63) is 0 Å². The molecule has 0 aromatic rings. The lowest BCUT2D eigenvalue weighted by atomic mass is 10.2. The summed E-state index contributed by atoms with van der Waals surface area (Å²) >= 11 is 0. The normalized spacial score (nSPS) is 22.8. The second-order valence-electron chi connectivity index (χ2n) is 5.18. The molecule has 1 amide bonds. The minimum atomic E-state index is -0.425. The molecule has 0 bridgehead atoms. The van der Waals surface area contributed by atoms with Gasteiger partial charge in [0, 0.05) is 13.2 Å². The highest BCUT2D eigenvalue weighted by molar-refractivity contribution is 5.68. The molecule has 0 saturated carbocycles. The molecule has 1 rings (SSSR count). The van der Waals surface area contributed by atoms with Gasteiger partial charge >= 0.3 is 6.09 Å². The summed E-state index contributed by atoms with van der Waals surface area (Å²) in [5, 5.41) is 0. The van der Waals surface area contributed by atoms with Gasteiger partial charge in [-0.1, -0.05) is 6.92 Å². The summed E-state index contributed by atoms with van der Waals surface area (Å²) in [6, 6.07) is 0. The summed E-state index contributed by atoms with van der Waals surface area (Å²) in [5.41, 5.74) is -0.425. The lowest BCUT2D eigenvalue weighted by molar-refractivity contribution is 0.0137. The maximum atomic E-state index is 11.9. The van der Waals surface area contributed by atoms with E-state index >= 15 is 0 Å².